The summed E-state index contributed by atoms with van der Waals surface area (Å²) in [5, 5.41) is 1.77. The molecular formula is C24H18F9N3O2S. The summed E-state index contributed by atoms with van der Waals surface area (Å²) in [6, 6.07) is 1.84. The summed E-state index contributed by atoms with van der Waals surface area (Å²) in [6.45, 7) is 0.553. The Labute approximate surface area is 219 Å². The predicted molar refractivity (Wildman–Crippen MR) is 126 cm³/mol. The molecule has 2 aromatic rings. The summed E-state index contributed by atoms with van der Waals surface area (Å²) < 4.78 is 120. The molecule has 210 valence electrons. The number of rotatable bonds is 5. The Morgan fingerprint density at radius 3 is 2.26 bits per heavy atom. The molecule has 1 N–H and O–H groups in total. The molecule has 1 heterocycles. The highest BCUT2D eigenvalue weighted by Crippen LogP contribution is 2.37. The lowest BCUT2D eigenvalue weighted by atomic mass is 10.0. The zero-order valence-electron chi connectivity index (χ0n) is 19.7. The lowest BCUT2D eigenvalue weighted by Gasteiger charge is -2.22. The van der Waals surface area contributed by atoms with Crippen molar-refractivity contribution >= 4 is 34.8 Å². The van der Waals surface area contributed by atoms with Gasteiger partial charge in [-0.25, -0.2) is 0 Å². The van der Waals surface area contributed by atoms with Gasteiger partial charge in [-0.15, -0.1) is 0 Å². The molecular weight excluding hydrogens is 565 g/mol. The first-order valence-electron chi connectivity index (χ1n) is 10.9. The number of amides is 2. The first kappa shape index (κ1) is 30.1. The lowest BCUT2D eigenvalue weighted by Crippen LogP contribution is -2.37. The second kappa shape index (κ2) is 11.3. The van der Waals surface area contributed by atoms with E-state index in [-0.39, 0.29) is 16.8 Å². The molecule has 2 aromatic carbocycles. The number of amidine groups is 1. The normalized spacial score (nSPS) is 16.7. The van der Waals surface area contributed by atoms with E-state index in [1.807, 2.05) is 0 Å². The predicted octanol–water partition coefficient (Wildman–Crippen LogP) is 6.33. The van der Waals surface area contributed by atoms with Crippen LogP contribution in [0.15, 0.2) is 53.5 Å². The molecule has 1 saturated heterocycles. The number of alkyl halides is 9. The Bertz CT molecular complexity index is 1300. The second-order valence-electron chi connectivity index (χ2n) is 8.21. The SMILES string of the molecule is CN1CCSC1=NC(=O)c1ccc(/C=C/C(=O)NC(c2cccc(C(F)(F)F)c2)C(F)(F)F)cc1C(F)(F)F. The highest BCUT2D eigenvalue weighted by Gasteiger charge is 2.43. The third-order valence-electron chi connectivity index (χ3n) is 5.35. The molecule has 1 aliphatic heterocycles. The Kier molecular flexibility index (Phi) is 8.72. The molecule has 0 aromatic heterocycles. The zero-order chi connectivity index (χ0) is 29.2. The molecule has 0 bridgehead atoms. The van der Waals surface area contributed by atoms with Crippen molar-refractivity contribution in [2.75, 3.05) is 19.3 Å². The highest BCUT2D eigenvalue weighted by molar-refractivity contribution is 8.14. The van der Waals surface area contributed by atoms with Gasteiger partial charge in [0.1, 0.15) is 0 Å². The van der Waals surface area contributed by atoms with E-state index in [9.17, 15) is 49.1 Å². The van der Waals surface area contributed by atoms with Crippen LogP contribution in [0.3, 0.4) is 0 Å². The van der Waals surface area contributed by atoms with Crippen molar-refractivity contribution in [3.8, 4) is 0 Å². The van der Waals surface area contributed by atoms with Crippen molar-refractivity contribution in [2.45, 2.75) is 24.6 Å². The molecule has 15 heteroatoms. The number of aliphatic imine (C=N–C) groups is 1. The van der Waals surface area contributed by atoms with Gasteiger partial charge < -0.3 is 10.2 Å². The summed E-state index contributed by atoms with van der Waals surface area (Å²) in [7, 11) is 1.62. The van der Waals surface area contributed by atoms with Crippen LogP contribution in [-0.2, 0) is 17.1 Å². The van der Waals surface area contributed by atoms with E-state index in [4.69, 9.17) is 0 Å². The van der Waals surface area contributed by atoms with E-state index in [0.29, 0.717) is 30.5 Å². The summed E-state index contributed by atoms with van der Waals surface area (Å²) >= 11 is 1.19. The average molecular weight is 583 g/mol. The third kappa shape index (κ3) is 7.77. The second-order valence-corrected chi connectivity index (χ2v) is 9.27. The van der Waals surface area contributed by atoms with Gasteiger partial charge in [-0.1, -0.05) is 30.0 Å². The van der Waals surface area contributed by atoms with Crippen LogP contribution in [0.2, 0.25) is 0 Å². The van der Waals surface area contributed by atoms with Gasteiger partial charge in [0, 0.05) is 25.4 Å². The maximum absolute atomic E-state index is 13.7. The topological polar surface area (TPSA) is 61.8 Å². The minimum Gasteiger partial charge on any atom is -0.353 e. The number of nitrogens with one attached hydrogen (secondary N) is 1. The Balaban J connectivity index is 1.85. The molecule has 0 saturated carbocycles. The summed E-state index contributed by atoms with van der Waals surface area (Å²) in [5.74, 6) is -1.99. The lowest BCUT2D eigenvalue weighted by molar-refractivity contribution is -0.162. The molecule has 2 amide bonds. The van der Waals surface area contributed by atoms with Crippen LogP contribution in [0.1, 0.15) is 38.7 Å². The van der Waals surface area contributed by atoms with Crippen LogP contribution in [0.25, 0.3) is 6.08 Å². The van der Waals surface area contributed by atoms with Crippen LogP contribution in [0, 0.1) is 0 Å². The van der Waals surface area contributed by atoms with E-state index in [2.05, 4.69) is 4.99 Å². The number of hydrogen-bond donors (Lipinski definition) is 1. The number of carbonyl (C=O) groups excluding carboxylic acids is 2. The summed E-state index contributed by atoms with van der Waals surface area (Å²) in [6.07, 6.45) is -13.9. The fraction of sp³-hybridized carbons (Fsp3) is 0.292. The first-order valence-corrected chi connectivity index (χ1v) is 11.9. The fourth-order valence-corrected chi connectivity index (χ4v) is 4.45. The van der Waals surface area contributed by atoms with Crippen LogP contribution in [0.5, 0.6) is 0 Å². The molecule has 1 atom stereocenters. The van der Waals surface area contributed by atoms with Crippen molar-refractivity contribution in [2.24, 2.45) is 4.99 Å². The Morgan fingerprint density at radius 1 is 1.00 bits per heavy atom. The van der Waals surface area contributed by atoms with Gasteiger partial charge in [-0.05, 0) is 41.5 Å². The highest BCUT2D eigenvalue weighted by atomic mass is 32.2. The van der Waals surface area contributed by atoms with Gasteiger partial charge in [-0.2, -0.15) is 44.5 Å². The van der Waals surface area contributed by atoms with Gasteiger partial charge in [0.15, 0.2) is 11.2 Å². The molecule has 39 heavy (non-hydrogen) atoms. The van der Waals surface area contributed by atoms with E-state index in [1.54, 1.807) is 11.9 Å². The molecule has 1 unspecified atom stereocenters. The average Bonchev–Trinajstić information content (AvgIpc) is 3.23. The molecule has 0 spiro atoms. The Hall–Kier alpha value is -3.49. The third-order valence-corrected chi connectivity index (χ3v) is 6.40. The minimum absolute atomic E-state index is 0.235. The van der Waals surface area contributed by atoms with E-state index in [1.165, 1.54) is 17.1 Å². The monoisotopic (exact) mass is 583 g/mol. The maximum Gasteiger partial charge on any atom is 0.417 e. The smallest absolute Gasteiger partial charge is 0.353 e. The number of halogens is 9. The summed E-state index contributed by atoms with van der Waals surface area (Å²) in [4.78, 5) is 29.9. The van der Waals surface area contributed by atoms with Gasteiger partial charge in [0.05, 0.1) is 16.7 Å². The van der Waals surface area contributed by atoms with E-state index >= 15 is 0 Å². The molecule has 0 radical (unpaired) electrons. The minimum atomic E-state index is -5.19. The first-order chi connectivity index (χ1) is 18.0. The molecule has 1 aliphatic rings. The number of nitrogens with zero attached hydrogens (tertiary/aromatic N) is 2. The molecule has 0 aliphatic carbocycles. The Morgan fingerprint density at radius 2 is 1.69 bits per heavy atom. The van der Waals surface area contributed by atoms with Crippen molar-refractivity contribution in [3.05, 3.63) is 76.4 Å². The largest absolute Gasteiger partial charge is 0.417 e. The van der Waals surface area contributed by atoms with Crippen LogP contribution in [0.4, 0.5) is 39.5 Å². The quantitative estimate of drug-likeness (QED) is 0.330. The number of benzene rings is 2. The molecule has 3 rings (SSSR count). The zero-order valence-corrected chi connectivity index (χ0v) is 20.5. The molecule has 1 fully saturated rings. The number of thioether (sulfide) groups is 1. The standard InChI is InChI=1S/C24H18F9N3O2S/c1-36-9-10-39-21(36)35-20(38)16-7-5-13(11-17(16)23(28,29)30)6-8-18(37)34-19(24(31,32)33)14-3-2-4-15(12-14)22(25,26)27/h2-8,11-12,19H,9-10H2,1H3,(H,34,37)/b8-6+,35-21?. The van der Waals surface area contributed by atoms with Gasteiger partial charge in [0.2, 0.25) is 5.91 Å². The van der Waals surface area contributed by atoms with E-state index in [0.717, 1.165) is 30.3 Å². The maximum atomic E-state index is 13.7. The number of carbonyl (C=O) groups is 2. The van der Waals surface area contributed by atoms with Crippen molar-refractivity contribution in [3.63, 3.8) is 0 Å². The van der Waals surface area contributed by atoms with Gasteiger partial charge >= 0.3 is 18.5 Å². The molecule has 5 nitrogen and oxygen atoms in total. The van der Waals surface area contributed by atoms with E-state index < -0.39 is 58.6 Å². The number of hydrogen-bond acceptors (Lipinski definition) is 3. The fourth-order valence-electron chi connectivity index (χ4n) is 3.44. The van der Waals surface area contributed by atoms with Gasteiger partial charge in [-0.3, -0.25) is 9.59 Å². The van der Waals surface area contributed by atoms with Crippen LogP contribution >= 0.6 is 11.8 Å². The van der Waals surface area contributed by atoms with Crippen molar-refractivity contribution < 1.29 is 49.1 Å². The van der Waals surface area contributed by atoms with Crippen molar-refractivity contribution in [1.29, 1.82) is 0 Å². The van der Waals surface area contributed by atoms with Crippen molar-refractivity contribution in [1.82, 2.24) is 10.2 Å². The van der Waals surface area contributed by atoms with Crippen LogP contribution < -0.4 is 5.32 Å². The van der Waals surface area contributed by atoms with Crippen LogP contribution in [-0.4, -0.2) is 47.4 Å². The van der Waals surface area contributed by atoms with Gasteiger partial charge in [0.25, 0.3) is 5.91 Å². The summed E-state index contributed by atoms with van der Waals surface area (Å²) in [5.41, 5.74) is -4.68.